The van der Waals surface area contributed by atoms with E-state index in [0.29, 0.717) is 6.42 Å². The van der Waals surface area contributed by atoms with Crippen LogP contribution in [0.15, 0.2) is 66.7 Å². The second-order valence-electron chi connectivity index (χ2n) is 5.07. The molecule has 21 heavy (non-hydrogen) atoms. The third kappa shape index (κ3) is 5.76. The van der Waals surface area contributed by atoms with Gasteiger partial charge in [-0.05, 0) is 17.5 Å². The minimum absolute atomic E-state index is 0.0871. The highest BCUT2D eigenvalue weighted by Crippen LogP contribution is 2.08. The molecule has 0 aliphatic rings. The lowest BCUT2D eigenvalue weighted by molar-refractivity contribution is -0.120. The summed E-state index contributed by atoms with van der Waals surface area (Å²) in [7, 11) is 0. The molecule has 1 N–H and O–H groups in total. The largest absolute Gasteiger partial charge is 0.389 e. The van der Waals surface area contributed by atoms with E-state index in [4.69, 9.17) is 0 Å². The van der Waals surface area contributed by atoms with Crippen molar-refractivity contribution in [3.63, 3.8) is 0 Å². The van der Waals surface area contributed by atoms with Crippen molar-refractivity contribution < 1.29 is 9.90 Å². The van der Waals surface area contributed by atoms with Gasteiger partial charge in [0.2, 0.25) is 0 Å². The summed E-state index contributed by atoms with van der Waals surface area (Å²) in [5.41, 5.74) is 2.17. The molecule has 2 heteroatoms. The molecule has 0 spiro atoms. The molecule has 0 heterocycles. The van der Waals surface area contributed by atoms with Gasteiger partial charge < -0.3 is 5.11 Å². The maximum absolute atomic E-state index is 11.8. The first-order valence-electron chi connectivity index (χ1n) is 7.21. The van der Waals surface area contributed by atoms with Gasteiger partial charge in [-0.1, -0.05) is 72.8 Å². The molecule has 0 fully saturated rings. The second-order valence-corrected chi connectivity index (χ2v) is 5.07. The van der Waals surface area contributed by atoms with Crippen LogP contribution in [0.4, 0.5) is 0 Å². The molecule has 2 nitrogen and oxygen atoms in total. The Morgan fingerprint density at radius 2 is 1.62 bits per heavy atom. The number of aryl methyl sites for hydroxylation is 1. The molecule has 0 saturated carbocycles. The Balaban J connectivity index is 1.76. The topological polar surface area (TPSA) is 37.3 Å². The van der Waals surface area contributed by atoms with Crippen LogP contribution in [0, 0.1) is 0 Å². The van der Waals surface area contributed by atoms with E-state index in [0.717, 1.165) is 17.5 Å². The van der Waals surface area contributed by atoms with Gasteiger partial charge in [-0.3, -0.25) is 4.79 Å². The van der Waals surface area contributed by atoms with Gasteiger partial charge in [0.05, 0.1) is 6.10 Å². The number of aliphatic hydroxyl groups excluding tert-OH is 1. The summed E-state index contributed by atoms with van der Waals surface area (Å²) in [5, 5.41) is 9.87. The zero-order chi connectivity index (χ0) is 14.9. The third-order valence-electron chi connectivity index (χ3n) is 3.28. The molecule has 0 unspecified atom stereocenters. The summed E-state index contributed by atoms with van der Waals surface area (Å²) in [6.45, 7) is 0. The number of carbonyl (C=O) groups excluding carboxylic acids is 1. The second kappa shape index (κ2) is 8.18. The summed E-state index contributed by atoms with van der Waals surface area (Å²) in [6, 6.07) is 19.7. The highest BCUT2D eigenvalue weighted by molar-refractivity contribution is 5.79. The molecule has 1 atom stereocenters. The molecule has 108 valence electrons. The van der Waals surface area contributed by atoms with Crippen LogP contribution in [0.3, 0.4) is 0 Å². The van der Waals surface area contributed by atoms with E-state index < -0.39 is 6.10 Å². The highest BCUT2D eigenvalue weighted by Gasteiger charge is 2.08. The molecule has 0 saturated heterocycles. The van der Waals surface area contributed by atoms with Gasteiger partial charge in [-0.15, -0.1) is 0 Å². The smallest absolute Gasteiger partial charge is 0.136 e. The van der Waals surface area contributed by atoms with Crippen molar-refractivity contribution in [3.8, 4) is 0 Å². The lowest BCUT2D eigenvalue weighted by Crippen LogP contribution is -2.11. The first-order chi connectivity index (χ1) is 10.2. The van der Waals surface area contributed by atoms with E-state index in [9.17, 15) is 9.90 Å². The first kappa shape index (κ1) is 15.2. The number of benzene rings is 2. The average molecular weight is 280 g/mol. The number of hydrogen-bond acceptors (Lipinski definition) is 2. The number of aliphatic hydroxyl groups is 1. The number of ketones is 1. The number of hydrogen-bond donors (Lipinski definition) is 1. The van der Waals surface area contributed by atoms with Crippen LogP contribution >= 0.6 is 0 Å². The molecular weight excluding hydrogens is 260 g/mol. The maximum Gasteiger partial charge on any atom is 0.136 e. The van der Waals surface area contributed by atoms with Crippen LogP contribution < -0.4 is 0 Å². The van der Waals surface area contributed by atoms with Crippen molar-refractivity contribution in [2.24, 2.45) is 0 Å². The van der Waals surface area contributed by atoms with E-state index in [1.54, 1.807) is 6.08 Å². The number of carbonyl (C=O) groups is 1. The van der Waals surface area contributed by atoms with Crippen LogP contribution in [0.25, 0.3) is 6.08 Å². The zero-order valence-corrected chi connectivity index (χ0v) is 12.0. The van der Waals surface area contributed by atoms with Crippen molar-refractivity contribution in [3.05, 3.63) is 77.9 Å². The predicted octanol–water partition coefficient (Wildman–Crippen LogP) is 3.65. The Morgan fingerprint density at radius 3 is 2.29 bits per heavy atom. The van der Waals surface area contributed by atoms with Crippen LogP contribution in [-0.2, 0) is 11.2 Å². The molecule has 0 aliphatic heterocycles. The molecular formula is C19H20O2. The van der Waals surface area contributed by atoms with Gasteiger partial charge in [-0.2, -0.15) is 0 Å². The summed E-state index contributed by atoms with van der Waals surface area (Å²) in [4.78, 5) is 11.8. The van der Waals surface area contributed by atoms with E-state index in [2.05, 4.69) is 0 Å². The van der Waals surface area contributed by atoms with E-state index in [1.165, 1.54) is 0 Å². The van der Waals surface area contributed by atoms with Crippen molar-refractivity contribution in [1.29, 1.82) is 0 Å². The predicted molar refractivity (Wildman–Crippen MR) is 85.9 cm³/mol. The SMILES string of the molecule is O=C(CCc1ccccc1)C[C@@H](O)/C=C/c1ccccc1. The third-order valence-corrected chi connectivity index (χ3v) is 3.28. The average Bonchev–Trinajstić information content (AvgIpc) is 2.53. The Labute approximate surface area is 125 Å². The molecule has 0 aromatic heterocycles. The fraction of sp³-hybridized carbons (Fsp3) is 0.211. The standard InChI is InChI=1S/C19H20O2/c20-18(13-11-16-7-3-1-4-8-16)15-19(21)14-12-17-9-5-2-6-10-17/h1-11,13,18,20H,12,14-15H2/b13-11+/t18-/m0/s1. The lowest BCUT2D eigenvalue weighted by Gasteiger charge is -2.05. The van der Waals surface area contributed by atoms with Crippen LogP contribution in [0.2, 0.25) is 0 Å². The van der Waals surface area contributed by atoms with Gasteiger partial charge >= 0.3 is 0 Å². The summed E-state index contributed by atoms with van der Waals surface area (Å²) in [5.74, 6) is 0.0871. The van der Waals surface area contributed by atoms with E-state index >= 15 is 0 Å². The number of rotatable bonds is 7. The van der Waals surface area contributed by atoms with Crippen molar-refractivity contribution in [1.82, 2.24) is 0 Å². The fourth-order valence-electron chi connectivity index (χ4n) is 2.12. The summed E-state index contributed by atoms with van der Waals surface area (Å²) in [6.07, 6.45) is 4.18. The summed E-state index contributed by atoms with van der Waals surface area (Å²) >= 11 is 0. The van der Waals surface area contributed by atoms with Gasteiger partial charge in [0.25, 0.3) is 0 Å². The molecule has 0 radical (unpaired) electrons. The molecule has 0 aliphatic carbocycles. The molecule has 2 aromatic rings. The monoisotopic (exact) mass is 280 g/mol. The minimum atomic E-state index is -0.714. The van der Waals surface area contributed by atoms with Crippen molar-refractivity contribution >= 4 is 11.9 Å². The quantitative estimate of drug-likeness (QED) is 0.840. The fourth-order valence-corrected chi connectivity index (χ4v) is 2.12. The molecule has 0 bridgehead atoms. The Kier molecular flexibility index (Phi) is 5.92. The van der Waals surface area contributed by atoms with Gasteiger partial charge in [0.1, 0.15) is 5.78 Å². The van der Waals surface area contributed by atoms with Crippen molar-refractivity contribution in [2.45, 2.75) is 25.4 Å². The highest BCUT2D eigenvalue weighted by atomic mass is 16.3. The normalized spacial score (nSPS) is 12.4. The lowest BCUT2D eigenvalue weighted by atomic mass is 10.0. The molecule has 2 aromatic carbocycles. The Bertz CT molecular complexity index is 573. The first-order valence-corrected chi connectivity index (χ1v) is 7.21. The van der Waals surface area contributed by atoms with Crippen molar-refractivity contribution in [2.75, 3.05) is 0 Å². The van der Waals surface area contributed by atoms with E-state index in [1.807, 2.05) is 66.7 Å². The minimum Gasteiger partial charge on any atom is -0.389 e. The van der Waals surface area contributed by atoms with Gasteiger partial charge in [0, 0.05) is 12.8 Å². The van der Waals surface area contributed by atoms with Gasteiger partial charge in [0.15, 0.2) is 0 Å². The Morgan fingerprint density at radius 1 is 1.00 bits per heavy atom. The summed E-state index contributed by atoms with van der Waals surface area (Å²) < 4.78 is 0. The van der Waals surface area contributed by atoms with Gasteiger partial charge in [-0.25, -0.2) is 0 Å². The maximum atomic E-state index is 11.8. The molecule has 0 amide bonds. The van der Waals surface area contributed by atoms with Crippen LogP contribution in [-0.4, -0.2) is 17.0 Å². The van der Waals surface area contributed by atoms with E-state index in [-0.39, 0.29) is 12.2 Å². The Hall–Kier alpha value is -2.19. The van der Waals surface area contributed by atoms with Crippen LogP contribution in [0.5, 0.6) is 0 Å². The molecule has 2 rings (SSSR count). The van der Waals surface area contributed by atoms with Crippen LogP contribution in [0.1, 0.15) is 24.0 Å². The number of Topliss-reactive ketones (excluding diaryl/α,β-unsaturated/α-hetero) is 1. The zero-order valence-electron chi connectivity index (χ0n) is 12.0.